The lowest BCUT2D eigenvalue weighted by atomic mass is 10.1. The molecule has 1 aromatic rings. The second kappa shape index (κ2) is 5.11. The van der Waals surface area contributed by atoms with Gasteiger partial charge in [-0.15, -0.1) is 0 Å². The number of aryl methyl sites for hydroxylation is 1. The summed E-state index contributed by atoms with van der Waals surface area (Å²) in [5.41, 5.74) is 2.16. The molecule has 0 fully saturated rings. The fraction of sp³-hybridized carbons (Fsp3) is 0.300. The van der Waals surface area contributed by atoms with Gasteiger partial charge >= 0.3 is 5.97 Å². The smallest absolute Gasteiger partial charge is 0.310 e. The van der Waals surface area contributed by atoms with Crippen LogP contribution in [-0.4, -0.2) is 13.1 Å². The molecule has 4 heteroatoms. The molecule has 0 saturated carbocycles. The highest BCUT2D eigenvalue weighted by molar-refractivity contribution is 14.1. The number of carbonyl (C=O) groups excluding carboxylic acids is 1. The van der Waals surface area contributed by atoms with Crippen LogP contribution in [0.15, 0.2) is 16.6 Å². The van der Waals surface area contributed by atoms with Crippen LogP contribution in [0.2, 0.25) is 0 Å². The number of methoxy groups -OCH3 is 1. The summed E-state index contributed by atoms with van der Waals surface area (Å²) in [6.45, 7) is 2.02. The van der Waals surface area contributed by atoms with Crippen molar-refractivity contribution in [1.82, 2.24) is 0 Å². The average Bonchev–Trinajstić information content (AvgIpc) is 2.10. The van der Waals surface area contributed by atoms with Crippen molar-refractivity contribution in [3.63, 3.8) is 0 Å². The van der Waals surface area contributed by atoms with Gasteiger partial charge < -0.3 is 4.74 Å². The van der Waals surface area contributed by atoms with Gasteiger partial charge in [0.15, 0.2) is 0 Å². The molecule has 0 radical (unpaired) electrons. The van der Waals surface area contributed by atoms with Crippen LogP contribution in [-0.2, 0) is 16.0 Å². The Morgan fingerprint density at radius 3 is 2.71 bits per heavy atom. The zero-order valence-electron chi connectivity index (χ0n) is 7.93. The Balaban J connectivity index is 3.02. The highest BCUT2D eigenvalue weighted by Crippen LogP contribution is 2.25. The normalized spacial score (nSPS) is 10.0. The van der Waals surface area contributed by atoms with E-state index in [1.165, 1.54) is 12.7 Å². The van der Waals surface area contributed by atoms with E-state index in [0.717, 1.165) is 13.6 Å². The van der Waals surface area contributed by atoms with Gasteiger partial charge in [0, 0.05) is 8.04 Å². The second-order valence-electron chi connectivity index (χ2n) is 2.96. The first-order chi connectivity index (χ1) is 6.54. The van der Waals surface area contributed by atoms with Crippen molar-refractivity contribution in [3.05, 3.63) is 31.3 Å². The van der Waals surface area contributed by atoms with E-state index >= 15 is 0 Å². The van der Waals surface area contributed by atoms with Gasteiger partial charge in [0.25, 0.3) is 0 Å². The van der Waals surface area contributed by atoms with E-state index in [1.54, 1.807) is 0 Å². The van der Waals surface area contributed by atoms with Crippen LogP contribution in [0.25, 0.3) is 0 Å². The SMILES string of the molecule is COC(=O)Cc1c(Br)cc(C)cc1I. The van der Waals surface area contributed by atoms with Crippen molar-refractivity contribution >= 4 is 44.5 Å². The monoisotopic (exact) mass is 368 g/mol. The highest BCUT2D eigenvalue weighted by Gasteiger charge is 2.10. The first-order valence-corrected chi connectivity index (χ1v) is 5.93. The molecule has 2 nitrogen and oxygen atoms in total. The van der Waals surface area contributed by atoms with Gasteiger partial charge in [0.05, 0.1) is 13.5 Å². The first-order valence-electron chi connectivity index (χ1n) is 4.06. The molecule has 0 saturated heterocycles. The molecule has 0 aliphatic heterocycles. The number of carbonyl (C=O) groups is 1. The molecular weight excluding hydrogens is 359 g/mol. The molecule has 0 atom stereocenters. The fourth-order valence-electron chi connectivity index (χ4n) is 1.12. The molecule has 0 heterocycles. The molecule has 0 aromatic heterocycles. The number of halogens is 2. The fourth-order valence-corrected chi connectivity index (χ4v) is 3.17. The Labute approximate surface area is 105 Å². The van der Waals surface area contributed by atoms with Gasteiger partial charge in [-0.25, -0.2) is 0 Å². The average molecular weight is 369 g/mol. The molecule has 0 bridgehead atoms. The second-order valence-corrected chi connectivity index (χ2v) is 4.98. The largest absolute Gasteiger partial charge is 0.469 e. The summed E-state index contributed by atoms with van der Waals surface area (Å²) in [5, 5.41) is 0. The van der Waals surface area contributed by atoms with Crippen molar-refractivity contribution in [2.24, 2.45) is 0 Å². The summed E-state index contributed by atoms with van der Waals surface area (Å²) < 4.78 is 6.68. The van der Waals surface area contributed by atoms with Crippen molar-refractivity contribution < 1.29 is 9.53 Å². The number of benzene rings is 1. The number of esters is 1. The maximum atomic E-state index is 11.1. The molecule has 1 rings (SSSR count). The van der Waals surface area contributed by atoms with E-state index in [9.17, 15) is 4.79 Å². The van der Waals surface area contributed by atoms with Crippen molar-refractivity contribution in [2.45, 2.75) is 13.3 Å². The van der Waals surface area contributed by atoms with Gasteiger partial charge in [-0.1, -0.05) is 15.9 Å². The third kappa shape index (κ3) is 2.95. The summed E-state index contributed by atoms with van der Waals surface area (Å²) >= 11 is 5.67. The van der Waals surface area contributed by atoms with Crippen LogP contribution in [0.1, 0.15) is 11.1 Å². The van der Waals surface area contributed by atoms with Crippen LogP contribution in [0.5, 0.6) is 0 Å². The molecule has 0 aliphatic rings. The molecule has 1 aromatic carbocycles. The van der Waals surface area contributed by atoms with Crippen LogP contribution in [0.4, 0.5) is 0 Å². The van der Waals surface area contributed by atoms with Crippen LogP contribution in [0, 0.1) is 10.5 Å². The Morgan fingerprint density at radius 1 is 1.57 bits per heavy atom. The summed E-state index contributed by atoms with van der Waals surface area (Å²) in [7, 11) is 1.40. The topological polar surface area (TPSA) is 26.3 Å². The van der Waals surface area contributed by atoms with Crippen LogP contribution < -0.4 is 0 Å². The number of rotatable bonds is 2. The summed E-state index contributed by atoms with van der Waals surface area (Å²) in [4.78, 5) is 11.1. The highest BCUT2D eigenvalue weighted by atomic mass is 127. The standard InChI is InChI=1S/C10H10BrIO2/c1-6-3-8(11)7(9(12)4-6)5-10(13)14-2/h3-4H,5H2,1-2H3. The number of hydrogen-bond acceptors (Lipinski definition) is 2. The quantitative estimate of drug-likeness (QED) is 0.592. The van der Waals surface area contributed by atoms with E-state index in [0.29, 0.717) is 6.42 Å². The molecule has 0 N–H and O–H groups in total. The molecule has 0 unspecified atom stereocenters. The van der Waals surface area contributed by atoms with Gasteiger partial charge in [-0.05, 0) is 52.8 Å². The van der Waals surface area contributed by atoms with E-state index in [4.69, 9.17) is 0 Å². The lowest BCUT2D eigenvalue weighted by Crippen LogP contribution is -2.06. The summed E-state index contributed by atoms with van der Waals surface area (Å²) in [6.07, 6.45) is 0.315. The summed E-state index contributed by atoms with van der Waals surface area (Å²) in [5.74, 6) is -0.215. The van der Waals surface area contributed by atoms with Crippen LogP contribution in [0.3, 0.4) is 0 Å². The summed E-state index contributed by atoms with van der Waals surface area (Å²) in [6, 6.07) is 4.05. The van der Waals surface area contributed by atoms with Gasteiger partial charge in [0.2, 0.25) is 0 Å². The molecule has 76 valence electrons. The lowest BCUT2D eigenvalue weighted by Gasteiger charge is -2.07. The Morgan fingerprint density at radius 2 is 2.21 bits per heavy atom. The predicted octanol–water partition coefficient (Wildman–Crippen LogP) is 3.08. The third-order valence-electron chi connectivity index (χ3n) is 1.83. The van der Waals surface area contributed by atoms with Crippen molar-refractivity contribution in [1.29, 1.82) is 0 Å². The zero-order valence-corrected chi connectivity index (χ0v) is 11.7. The molecule has 0 amide bonds. The molecule has 0 spiro atoms. The Kier molecular flexibility index (Phi) is 4.37. The predicted molar refractivity (Wildman–Crippen MR) is 67.3 cm³/mol. The molecule has 14 heavy (non-hydrogen) atoms. The van der Waals surface area contributed by atoms with E-state index in [1.807, 2.05) is 19.1 Å². The number of ether oxygens (including phenoxy) is 1. The molecular formula is C10H10BrIO2. The Hall–Kier alpha value is -0.100. The van der Waals surface area contributed by atoms with E-state index in [-0.39, 0.29) is 5.97 Å². The number of hydrogen-bond donors (Lipinski definition) is 0. The first kappa shape index (κ1) is 12.0. The van der Waals surface area contributed by atoms with Gasteiger partial charge in [0.1, 0.15) is 0 Å². The van der Waals surface area contributed by atoms with E-state index in [2.05, 4.69) is 43.3 Å². The maximum Gasteiger partial charge on any atom is 0.310 e. The van der Waals surface area contributed by atoms with Crippen LogP contribution >= 0.6 is 38.5 Å². The third-order valence-corrected chi connectivity index (χ3v) is 3.50. The van der Waals surface area contributed by atoms with Crippen molar-refractivity contribution in [2.75, 3.05) is 7.11 Å². The van der Waals surface area contributed by atoms with Crippen molar-refractivity contribution in [3.8, 4) is 0 Å². The minimum Gasteiger partial charge on any atom is -0.469 e. The molecule has 0 aliphatic carbocycles. The minimum absolute atomic E-state index is 0.215. The lowest BCUT2D eigenvalue weighted by molar-refractivity contribution is -0.139. The maximum absolute atomic E-state index is 11.1. The minimum atomic E-state index is -0.215. The Bertz CT molecular complexity index is 340. The van der Waals surface area contributed by atoms with Gasteiger partial charge in [-0.3, -0.25) is 4.79 Å². The zero-order chi connectivity index (χ0) is 10.7. The van der Waals surface area contributed by atoms with E-state index < -0.39 is 0 Å². The van der Waals surface area contributed by atoms with Gasteiger partial charge in [-0.2, -0.15) is 0 Å².